The molecule has 0 atom stereocenters. The minimum Gasteiger partial charge on any atom is -0.372 e. The molecule has 2 aromatic carbocycles. The summed E-state index contributed by atoms with van der Waals surface area (Å²) < 4.78 is 0. The minimum atomic E-state index is 0.783. The van der Waals surface area contributed by atoms with Crippen LogP contribution in [-0.4, -0.2) is 23.1 Å². The lowest BCUT2D eigenvalue weighted by atomic mass is 10.2. The molecule has 1 saturated heterocycles. The average Bonchev–Trinajstić information content (AvgIpc) is 3.17. The summed E-state index contributed by atoms with van der Waals surface area (Å²) in [6.07, 6.45) is 2.61. The van der Waals surface area contributed by atoms with Gasteiger partial charge in [-0.2, -0.15) is 0 Å². The van der Waals surface area contributed by atoms with E-state index in [4.69, 9.17) is 0 Å². The molecule has 1 fully saturated rings. The molecule has 2 heterocycles. The van der Waals surface area contributed by atoms with Crippen LogP contribution < -0.4 is 10.2 Å². The van der Waals surface area contributed by atoms with Gasteiger partial charge in [0, 0.05) is 24.5 Å². The van der Waals surface area contributed by atoms with Gasteiger partial charge in [0.2, 0.25) is 5.95 Å². The zero-order valence-electron chi connectivity index (χ0n) is 11.8. The number of benzene rings is 2. The van der Waals surface area contributed by atoms with E-state index < -0.39 is 0 Å². The Bertz CT molecular complexity index is 706. The first-order valence-corrected chi connectivity index (χ1v) is 7.45. The normalized spacial score (nSPS) is 14.8. The van der Waals surface area contributed by atoms with E-state index in [0.717, 1.165) is 22.7 Å². The monoisotopic (exact) mass is 278 g/mol. The highest BCUT2D eigenvalue weighted by Gasteiger charge is 2.11. The second-order valence-electron chi connectivity index (χ2n) is 5.47. The van der Waals surface area contributed by atoms with Crippen LogP contribution in [0.15, 0.2) is 48.5 Å². The fourth-order valence-electron chi connectivity index (χ4n) is 2.88. The molecule has 21 heavy (non-hydrogen) atoms. The van der Waals surface area contributed by atoms with Gasteiger partial charge in [0.05, 0.1) is 11.0 Å². The van der Waals surface area contributed by atoms with Crippen molar-refractivity contribution in [1.82, 2.24) is 9.97 Å². The molecule has 0 aliphatic carbocycles. The molecule has 4 heteroatoms. The van der Waals surface area contributed by atoms with Gasteiger partial charge in [-0.3, -0.25) is 0 Å². The zero-order chi connectivity index (χ0) is 14.1. The predicted octanol–water partition coefficient (Wildman–Crippen LogP) is 3.91. The molecule has 0 amide bonds. The number of aromatic nitrogens is 2. The predicted molar refractivity (Wildman–Crippen MR) is 87.3 cm³/mol. The number of imidazole rings is 1. The maximum Gasteiger partial charge on any atom is 0.205 e. The van der Waals surface area contributed by atoms with Gasteiger partial charge in [-0.05, 0) is 49.2 Å². The van der Waals surface area contributed by atoms with Crippen molar-refractivity contribution in [1.29, 1.82) is 0 Å². The van der Waals surface area contributed by atoms with Crippen LogP contribution in [0.25, 0.3) is 11.0 Å². The second kappa shape index (κ2) is 5.13. The second-order valence-corrected chi connectivity index (χ2v) is 5.47. The number of hydrogen-bond acceptors (Lipinski definition) is 3. The lowest BCUT2D eigenvalue weighted by molar-refractivity contribution is 0.949. The topological polar surface area (TPSA) is 44.0 Å². The third-order valence-electron chi connectivity index (χ3n) is 3.99. The van der Waals surface area contributed by atoms with E-state index in [0.29, 0.717) is 0 Å². The molecule has 3 aromatic rings. The molecule has 0 spiro atoms. The Kier molecular flexibility index (Phi) is 2.99. The Balaban J connectivity index is 1.53. The minimum absolute atomic E-state index is 0.783. The number of nitrogens with one attached hydrogen (secondary N) is 2. The molecular weight excluding hydrogens is 260 g/mol. The summed E-state index contributed by atoms with van der Waals surface area (Å²) in [7, 11) is 0. The molecule has 0 bridgehead atoms. The van der Waals surface area contributed by atoms with Crippen LogP contribution in [0.2, 0.25) is 0 Å². The van der Waals surface area contributed by atoms with Crippen LogP contribution in [0.5, 0.6) is 0 Å². The summed E-state index contributed by atoms with van der Waals surface area (Å²) in [6, 6.07) is 16.6. The Morgan fingerprint density at radius 2 is 1.71 bits per heavy atom. The first-order valence-electron chi connectivity index (χ1n) is 7.45. The number of anilines is 3. The SMILES string of the molecule is c1ccc2[nH]c(Nc3ccc(N4CCCC4)cc3)nc2c1. The first-order chi connectivity index (χ1) is 10.4. The molecule has 0 saturated carbocycles. The van der Waals surface area contributed by atoms with Gasteiger partial charge in [-0.15, -0.1) is 0 Å². The van der Waals surface area contributed by atoms with Crippen LogP contribution >= 0.6 is 0 Å². The Labute approximate surface area is 123 Å². The van der Waals surface area contributed by atoms with Gasteiger partial charge < -0.3 is 15.2 Å². The highest BCUT2D eigenvalue weighted by Crippen LogP contribution is 2.24. The molecule has 0 unspecified atom stereocenters. The molecule has 106 valence electrons. The first kappa shape index (κ1) is 12.3. The van der Waals surface area contributed by atoms with Crippen molar-refractivity contribution >= 4 is 28.4 Å². The Hall–Kier alpha value is -2.49. The standard InChI is InChI=1S/C17H18N4/c1-2-6-16-15(5-1)19-17(20-16)18-13-7-9-14(10-8-13)21-11-3-4-12-21/h1-2,5-10H,3-4,11-12H2,(H2,18,19,20). The average molecular weight is 278 g/mol. The van der Waals surface area contributed by atoms with E-state index in [1.54, 1.807) is 0 Å². The van der Waals surface area contributed by atoms with E-state index in [9.17, 15) is 0 Å². The summed E-state index contributed by atoms with van der Waals surface area (Å²) in [6.45, 7) is 2.35. The van der Waals surface area contributed by atoms with Gasteiger partial charge in [0.1, 0.15) is 0 Å². The molecule has 1 aliphatic heterocycles. The quantitative estimate of drug-likeness (QED) is 0.763. The van der Waals surface area contributed by atoms with Crippen molar-refractivity contribution in [2.75, 3.05) is 23.3 Å². The smallest absolute Gasteiger partial charge is 0.205 e. The number of para-hydroxylation sites is 2. The molecule has 4 nitrogen and oxygen atoms in total. The maximum atomic E-state index is 4.53. The Morgan fingerprint density at radius 1 is 0.952 bits per heavy atom. The summed E-state index contributed by atoms with van der Waals surface area (Å²) in [5, 5.41) is 3.33. The molecular formula is C17H18N4. The van der Waals surface area contributed by atoms with E-state index in [-0.39, 0.29) is 0 Å². The molecule has 1 aliphatic rings. The van der Waals surface area contributed by atoms with Crippen LogP contribution in [0.1, 0.15) is 12.8 Å². The lowest BCUT2D eigenvalue weighted by Gasteiger charge is -2.17. The van der Waals surface area contributed by atoms with E-state index in [2.05, 4.69) is 44.5 Å². The maximum absolute atomic E-state index is 4.53. The number of fused-ring (bicyclic) bond motifs is 1. The van der Waals surface area contributed by atoms with Crippen molar-refractivity contribution < 1.29 is 0 Å². The van der Waals surface area contributed by atoms with Crippen LogP contribution in [0.4, 0.5) is 17.3 Å². The van der Waals surface area contributed by atoms with Crippen molar-refractivity contribution in [3.63, 3.8) is 0 Å². The highest BCUT2D eigenvalue weighted by molar-refractivity contribution is 5.78. The Morgan fingerprint density at radius 3 is 2.48 bits per heavy atom. The van der Waals surface area contributed by atoms with Crippen LogP contribution in [0, 0.1) is 0 Å². The van der Waals surface area contributed by atoms with Crippen molar-refractivity contribution in [3.05, 3.63) is 48.5 Å². The summed E-state index contributed by atoms with van der Waals surface area (Å²) in [5.74, 6) is 0.783. The van der Waals surface area contributed by atoms with E-state index in [1.165, 1.54) is 31.6 Å². The third kappa shape index (κ3) is 2.44. The van der Waals surface area contributed by atoms with Crippen molar-refractivity contribution in [2.24, 2.45) is 0 Å². The van der Waals surface area contributed by atoms with Crippen LogP contribution in [0.3, 0.4) is 0 Å². The van der Waals surface area contributed by atoms with Gasteiger partial charge in [-0.1, -0.05) is 12.1 Å². The van der Waals surface area contributed by atoms with Crippen molar-refractivity contribution in [3.8, 4) is 0 Å². The van der Waals surface area contributed by atoms with E-state index in [1.807, 2.05) is 24.3 Å². The lowest BCUT2D eigenvalue weighted by Crippen LogP contribution is -2.17. The molecule has 2 N–H and O–H groups in total. The third-order valence-corrected chi connectivity index (χ3v) is 3.99. The number of rotatable bonds is 3. The molecule has 1 aromatic heterocycles. The van der Waals surface area contributed by atoms with Gasteiger partial charge in [0.15, 0.2) is 0 Å². The summed E-state index contributed by atoms with van der Waals surface area (Å²) >= 11 is 0. The number of aromatic amines is 1. The fraction of sp³-hybridized carbons (Fsp3) is 0.235. The summed E-state index contributed by atoms with van der Waals surface area (Å²) in [4.78, 5) is 10.2. The van der Waals surface area contributed by atoms with Gasteiger partial charge in [0.25, 0.3) is 0 Å². The van der Waals surface area contributed by atoms with Gasteiger partial charge >= 0.3 is 0 Å². The molecule has 4 rings (SSSR count). The summed E-state index contributed by atoms with van der Waals surface area (Å²) in [5.41, 5.74) is 4.39. The number of hydrogen-bond donors (Lipinski definition) is 2. The number of H-pyrrole nitrogens is 1. The van der Waals surface area contributed by atoms with Crippen molar-refractivity contribution in [2.45, 2.75) is 12.8 Å². The highest BCUT2D eigenvalue weighted by atomic mass is 15.1. The van der Waals surface area contributed by atoms with E-state index >= 15 is 0 Å². The number of nitrogens with zero attached hydrogens (tertiary/aromatic N) is 2. The zero-order valence-corrected chi connectivity index (χ0v) is 11.8. The van der Waals surface area contributed by atoms with Crippen LogP contribution in [-0.2, 0) is 0 Å². The fourth-order valence-corrected chi connectivity index (χ4v) is 2.88. The van der Waals surface area contributed by atoms with Gasteiger partial charge in [-0.25, -0.2) is 4.98 Å². The largest absolute Gasteiger partial charge is 0.372 e. The molecule has 0 radical (unpaired) electrons.